The quantitative estimate of drug-likeness (QED) is 0.682. The van der Waals surface area contributed by atoms with Crippen molar-refractivity contribution in [1.29, 1.82) is 0 Å². The maximum absolute atomic E-state index is 5.50. The van der Waals surface area contributed by atoms with E-state index in [1.54, 1.807) is 4.68 Å². The average Bonchev–Trinajstić information content (AvgIpc) is 2.31. The summed E-state index contributed by atoms with van der Waals surface area (Å²) in [5, 5.41) is 4.00. The molecule has 0 bridgehead atoms. The zero-order valence-electron chi connectivity index (χ0n) is 7.58. The van der Waals surface area contributed by atoms with E-state index >= 15 is 0 Å². The van der Waals surface area contributed by atoms with Crippen LogP contribution in [0, 0.1) is 0 Å². The number of rotatable bonds is 4. The van der Waals surface area contributed by atoms with Gasteiger partial charge in [0.15, 0.2) is 0 Å². The van der Waals surface area contributed by atoms with Crippen molar-refractivity contribution in [2.45, 2.75) is 20.0 Å². The van der Waals surface area contributed by atoms with Crippen LogP contribution in [-0.4, -0.2) is 16.4 Å². The minimum absolute atomic E-state index is 0.549. The summed E-state index contributed by atoms with van der Waals surface area (Å²) >= 11 is 0. The van der Waals surface area contributed by atoms with Crippen molar-refractivity contribution in [2.24, 2.45) is 7.05 Å². The average molecular weight is 169 g/mol. The Hall–Kier alpha value is -1.03. The maximum Gasteiger partial charge on any atom is 0.145 e. The van der Waals surface area contributed by atoms with Gasteiger partial charge in [0, 0.05) is 19.7 Å². The lowest BCUT2D eigenvalue weighted by Crippen LogP contribution is -2.01. The van der Waals surface area contributed by atoms with Crippen molar-refractivity contribution in [3.05, 3.63) is 11.8 Å². The van der Waals surface area contributed by atoms with Crippen LogP contribution in [-0.2, 0) is 18.4 Å². The van der Waals surface area contributed by atoms with Gasteiger partial charge in [0.25, 0.3) is 0 Å². The molecule has 1 heterocycles. The topological polar surface area (TPSA) is 53.1 Å². The summed E-state index contributed by atoms with van der Waals surface area (Å²) in [6.07, 6.45) is 1.04. The largest absolute Gasteiger partial charge is 0.382 e. The van der Waals surface area contributed by atoms with Crippen molar-refractivity contribution < 1.29 is 4.74 Å². The molecule has 0 fully saturated rings. The summed E-state index contributed by atoms with van der Waals surface area (Å²) in [5.74, 6) is 0.549. The summed E-state index contributed by atoms with van der Waals surface area (Å²) in [7, 11) is 1.86. The number of nitrogens with two attached hydrogens (primary N) is 1. The smallest absolute Gasteiger partial charge is 0.145 e. The number of nitrogen functional groups attached to an aromatic ring is 1. The molecule has 0 aliphatic carbocycles. The lowest BCUT2D eigenvalue weighted by molar-refractivity contribution is 0.116. The van der Waals surface area contributed by atoms with Crippen LogP contribution in [0.4, 0.5) is 5.82 Å². The molecule has 1 rings (SSSR count). The number of anilines is 1. The Morgan fingerprint density at radius 1 is 1.67 bits per heavy atom. The zero-order chi connectivity index (χ0) is 8.97. The first-order chi connectivity index (χ1) is 5.74. The molecule has 0 aliphatic rings. The molecule has 0 saturated heterocycles. The molecule has 12 heavy (non-hydrogen) atoms. The van der Waals surface area contributed by atoms with Gasteiger partial charge in [-0.25, -0.2) is 0 Å². The third-order valence-electron chi connectivity index (χ3n) is 1.59. The highest BCUT2D eigenvalue weighted by Gasteiger charge is 2.00. The van der Waals surface area contributed by atoms with E-state index < -0.39 is 0 Å². The second-order valence-corrected chi connectivity index (χ2v) is 2.74. The molecular weight excluding hydrogens is 154 g/mol. The molecule has 1 aromatic rings. The number of aromatic nitrogens is 2. The van der Waals surface area contributed by atoms with E-state index in [0.717, 1.165) is 18.7 Å². The van der Waals surface area contributed by atoms with E-state index in [9.17, 15) is 0 Å². The molecule has 0 aromatic carbocycles. The Morgan fingerprint density at radius 3 is 2.92 bits per heavy atom. The predicted molar refractivity (Wildman–Crippen MR) is 47.6 cm³/mol. The van der Waals surface area contributed by atoms with E-state index in [4.69, 9.17) is 10.5 Å². The first-order valence-electron chi connectivity index (χ1n) is 4.10. The molecule has 0 amide bonds. The van der Waals surface area contributed by atoms with Crippen molar-refractivity contribution in [3.8, 4) is 0 Å². The standard InChI is InChI=1S/C8H15N3O/c1-3-4-12-6-7-5-8(9)10-11(7)2/h5H,3-4,6H2,1-2H3,(H2,9,10). The van der Waals surface area contributed by atoms with Crippen LogP contribution in [0.1, 0.15) is 19.0 Å². The highest BCUT2D eigenvalue weighted by atomic mass is 16.5. The summed E-state index contributed by atoms with van der Waals surface area (Å²) in [6, 6.07) is 1.83. The third kappa shape index (κ3) is 2.23. The van der Waals surface area contributed by atoms with Crippen LogP contribution < -0.4 is 5.73 Å². The first kappa shape index (κ1) is 9.06. The van der Waals surface area contributed by atoms with Crippen molar-refractivity contribution in [2.75, 3.05) is 12.3 Å². The van der Waals surface area contributed by atoms with Crippen LogP contribution in [0.25, 0.3) is 0 Å². The molecule has 0 saturated carbocycles. The molecule has 0 unspecified atom stereocenters. The van der Waals surface area contributed by atoms with Crippen molar-refractivity contribution >= 4 is 5.82 Å². The highest BCUT2D eigenvalue weighted by molar-refractivity contribution is 5.28. The zero-order valence-corrected chi connectivity index (χ0v) is 7.58. The number of hydrogen-bond donors (Lipinski definition) is 1. The Balaban J connectivity index is 2.45. The molecule has 4 nitrogen and oxygen atoms in total. The van der Waals surface area contributed by atoms with E-state index in [1.807, 2.05) is 13.1 Å². The Bertz CT molecular complexity index is 244. The summed E-state index contributed by atoms with van der Waals surface area (Å²) in [5.41, 5.74) is 6.51. The summed E-state index contributed by atoms with van der Waals surface area (Å²) < 4.78 is 7.09. The highest BCUT2D eigenvalue weighted by Crippen LogP contribution is 2.05. The molecule has 68 valence electrons. The molecule has 4 heteroatoms. The van der Waals surface area contributed by atoms with Crippen LogP contribution >= 0.6 is 0 Å². The molecule has 2 N–H and O–H groups in total. The second-order valence-electron chi connectivity index (χ2n) is 2.74. The third-order valence-corrected chi connectivity index (χ3v) is 1.59. The Kier molecular flexibility index (Phi) is 3.10. The number of hydrogen-bond acceptors (Lipinski definition) is 3. The first-order valence-corrected chi connectivity index (χ1v) is 4.10. The minimum Gasteiger partial charge on any atom is -0.382 e. The van der Waals surface area contributed by atoms with Crippen molar-refractivity contribution in [1.82, 2.24) is 9.78 Å². The van der Waals surface area contributed by atoms with Gasteiger partial charge in [-0.15, -0.1) is 0 Å². The Morgan fingerprint density at radius 2 is 2.42 bits per heavy atom. The monoisotopic (exact) mass is 169 g/mol. The van der Waals surface area contributed by atoms with Crippen LogP contribution in [0.2, 0.25) is 0 Å². The van der Waals surface area contributed by atoms with Gasteiger partial charge in [0.05, 0.1) is 12.3 Å². The van der Waals surface area contributed by atoms with Gasteiger partial charge in [-0.3, -0.25) is 4.68 Å². The van der Waals surface area contributed by atoms with E-state index in [0.29, 0.717) is 12.4 Å². The van der Waals surface area contributed by atoms with Crippen LogP contribution in [0.3, 0.4) is 0 Å². The lowest BCUT2D eigenvalue weighted by atomic mass is 10.4. The number of ether oxygens (including phenoxy) is 1. The second kappa shape index (κ2) is 4.11. The van der Waals surface area contributed by atoms with Gasteiger partial charge in [-0.2, -0.15) is 5.10 Å². The van der Waals surface area contributed by atoms with Gasteiger partial charge in [-0.1, -0.05) is 6.92 Å². The van der Waals surface area contributed by atoms with E-state index in [-0.39, 0.29) is 0 Å². The van der Waals surface area contributed by atoms with Gasteiger partial charge in [-0.05, 0) is 6.42 Å². The molecule has 0 aliphatic heterocycles. The SMILES string of the molecule is CCCOCc1cc(N)nn1C. The van der Waals surface area contributed by atoms with Gasteiger partial charge in [0.1, 0.15) is 5.82 Å². The molecule has 0 spiro atoms. The van der Waals surface area contributed by atoms with Gasteiger partial charge < -0.3 is 10.5 Å². The van der Waals surface area contributed by atoms with Crippen LogP contribution in [0.15, 0.2) is 6.07 Å². The molecule has 0 radical (unpaired) electrons. The molecular formula is C8H15N3O. The van der Waals surface area contributed by atoms with Gasteiger partial charge >= 0.3 is 0 Å². The Labute approximate surface area is 72.3 Å². The predicted octanol–water partition coefficient (Wildman–Crippen LogP) is 0.929. The minimum atomic E-state index is 0.549. The summed E-state index contributed by atoms with van der Waals surface area (Å²) in [6.45, 7) is 3.46. The van der Waals surface area contributed by atoms with E-state index in [2.05, 4.69) is 12.0 Å². The van der Waals surface area contributed by atoms with Crippen molar-refractivity contribution in [3.63, 3.8) is 0 Å². The fraction of sp³-hybridized carbons (Fsp3) is 0.625. The normalized spacial score (nSPS) is 10.5. The number of aryl methyl sites for hydroxylation is 1. The molecule has 1 aromatic heterocycles. The summed E-state index contributed by atoms with van der Waals surface area (Å²) in [4.78, 5) is 0. The fourth-order valence-electron chi connectivity index (χ4n) is 0.987. The van der Waals surface area contributed by atoms with Gasteiger partial charge in [0.2, 0.25) is 0 Å². The number of nitrogens with zero attached hydrogens (tertiary/aromatic N) is 2. The lowest BCUT2D eigenvalue weighted by Gasteiger charge is -2.01. The fourth-order valence-corrected chi connectivity index (χ4v) is 0.987. The molecule has 0 atom stereocenters. The van der Waals surface area contributed by atoms with Crippen LogP contribution in [0.5, 0.6) is 0 Å². The maximum atomic E-state index is 5.50. The van der Waals surface area contributed by atoms with E-state index in [1.165, 1.54) is 0 Å².